The van der Waals surface area contributed by atoms with E-state index in [0.717, 1.165) is 25.0 Å². The van der Waals surface area contributed by atoms with E-state index in [2.05, 4.69) is 20.7 Å². The molecule has 0 aliphatic heterocycles. The van der Waals surface area contributed by atoms with Gasteiger partial charge in [0.1, 0.15) is 5.75 Å². The van der Waals surface area contributed by atoms with Gasteiger partial charge >= 0.3 is 0 Å². The molecule has 1 heterocycles. The van der Waals surface area contributed by atoms with Crippen LogP contribution in [0, 0.1) is 0 Å². The quantitative estimate of drug-likeness (QED) is 0.895. The van der Waals surface area contributed by atoms with E-state index in [1.165, 1.54) is 17.5 Å². The van der Waals surface area contributed by atoms with Gasteiger partial charge in [-0.2, -0.15) is 4.98 Å². The molecule has 1 aromatic carbocycles. The summed E-state index contributed by atoms with van der Waals surface area (Å²) in [5.74, 6) is 1.34. The first-order chi connectivity index (χ1) is 8.83. The first-order valence-electron chi connectivity index (χ1n) is 6.09. The summed E-state index contributed by atoms with van der Waals surface area (Å²) in [5.41, 5.74) is 8.65. The van der Waals surface area contributed by atoms with Gasteiger partial charge in [0.25, 0.3) is 0 Å². The van der Waals surface area contributed by atoms with Crippen molar-refractivity contribution >= 4 is 0 Å². The predicted molar refractivity (Wildman–Crippen MR) is 64.9 cm³/mol. The molecule has 1 aromatic heterocycles. The minimum absolute atomic E-state index is 0.127. The highest BCUT2D eigenvalue weighted by Gasteiger charge is 2.17. The molecule has 3 rings (SSSR count). The summed E-state index contributed by atoms with van der Waals surface area (Å²) in [6.45, 7) is 0.310. The lowest BCUT2D eigenvalue weighted by Gasteiger charge is -2.22. The Kier molecular flexibility index (Phi) is 2.98. The highest BCUT2D eigenvalue weighted by atomic mass is 16.5. The van der Waals surface area contributed by atoms with Crippen LogP contribution < -0.4 is 10.5 Å². The summed E-state index contributed by atoms with van der Waals surface area (Å²) in [5, 5.41) is 3.70. The van der Waals surface area contributed by atoms with Crippen LogP contribution in [0.5, 0.6) is 5.75 Å². The zero-order chi connectivity index (χ0) is 12.4. The van der Waals surface area contributed by atoms with Gasteiger partial charge in [0.05, 0.1) is 0 Å². The topological polar surface area (TPSA) is 74.2 Å². The fraction of sp³-hybridized carbons (Fsp3) is 0.385. The van der Waals surface area contributed by atoms with Crippen LogP contribution in [0.1, 0.15) is 35.8 Å². The Bertz CT molecular complexity index is 525. The van der Waals surface area contributed by atoms with E-state index in [1.54, 1.807) is 0 Å². The predicted octanol–water partition coefficient (Wildman–Crippen LogP) is 1.98. The number of nitrogens with zero attached hydrogens (tertiary/aromatic N) is 2. The maximum Gasteiger partial charge on any atom is 0.213 e. The van der Waals surface area contributed by atoms with Crippen LogP contribution in [-0.4, -0.2) is 10.1 Å². The van der Waals surface area contributed by atoms with E-state index in [-0.39, 0.29) is 6.04 Å². The minimum atomic E-state index is 0.127. The van der Waals surface area contributed by atoms with Gasteiger partial charge in [-0.25, -0.2) is 0 Å². The highest BCUT2D eigenvalue weighted by molar-refractivity contribution is 5.39. The SMILES string of the molecule is N[C@H]1CCCc2ccc(OCc3ncon3)cc21. The molecule has 2 N–H and O–H groups in total. The summed E-state index contributed by atoms with van der Waals surface area (Å²) in [6.07, 6.45) is 4.61. The molecule has 0 radical (unpaired) electrons. The Morgan fingerprint density at radius 1 is 1.44 bits per heavy atom. The van der Waals surface area contributed by atoms with E-state index in [4.69, 9.17) is 10.5 Å². The molecule has 2 aromatic rings. The third kappa shape index (κ3) is 2.22. The third-order valence-corrected chi connectivity index (χ3v) is 3.25. The number of aryl methyl sites for hydroxylation is 1. The Balaban J connectivity index is 1.75. The molecule has 0 unspecified atom stereocenters. The number of aromatic nitrogens is 2. The van der Waals surface area contributed by atoms with Crippen molar-refractivity contribution in [2.24, 2.45) is 5.73 Å². The Morgan fingerprint density at radius 3 is 3.22 bits per heavy atom. The maximum atomic E-state index is 6.11. The molecule has 0 fully saturated rings. The molecule has 5 heteroatoms. The lowest BCUT2D eigenvalue weighted by atomic mass is 9.88. The van der Waals surface area contributed by atoms with Crippen molar-refractivity contribution in [3.63, 3.8) is 0 Å². The van der Waals surface area contributed by atoms with Gasteiger partial charge in [-0.3, -0.25) is 0 Å². The molecule has 94 valence electrons. The summed E-state index contributed by atoms with van der Waals surface area (Å²) >= 11 is 0. The van der Waals surface area contributed by atoms with Crippen molar-refractivity contribution in [1.29, 1.82) is 0 Å². The van der Waals surface area contributed by atoms with Gasteiger partial charge in [-0.15, -0.1) is 0 Å². The second-order valence-electron chi connectivity index (χ2n) is 4.50. The van der Waals surface area contributed by atoms with Gasteiger partial charge < -0.3 is 15.0 Å². The number of hydrogen-bond donors (Lipinski definition) is 1. The number of nitrogens with two attached hydrogens (primary N) is 1. The lowest BCUT2D eigenvalue weighted by Crippen LogP contribution is -2.17. The lowest BCUT2D eigenvalue weighted by molar-refractivity contribution is 0.286. The van der Waals surface area contributed by atoms with E-state index < -0.39 is 0 Å². The monoisotopic (exact) mass is 245 g/mol. The van der Waals surface area contributed by atoms with Crippen molar-refractivity contribution in [3.8, 4) is 5.75 Å². The van der Waals surface area contributed by atoms with Crippen LogP contribution in [0.25, 0.3) is 0 Å². The van der Waals surface area contributed by atoms with Crippen LogP contribution in [0.2, 0.25) is 0 Å². The second-order valence-corrected chi connectivity index (χ2v) is 4.50. The summed E-state index contributed by atoms with van der Waals surface area (Å²) < 4.78 is 10.3. The molecular formula is C13H15N3O2. The van der Waals surface area contributed by atoms with Crippen molar-refractivity contribution in [2.75, 3.05) is 0 Å². The molecule has 0 amide bonds. The van der Waals surface area contributed by atoms with Gasteiger partial charge in [0.15, 0.2) is 6.61 Å². The molecule has 18 heavy (non-hydrogen) atoms. The molecule has 0 saturated heterocycles. The van der Waals surface area contributed by atoms with Gasteiger partial charge in [0, 0.05) is 6.04 Å². The van der Waals surface area contributed by atoms with Crippen LogP contribution in [-0.2, 0) is 13.0 Å². The van der Waals surface area contributed by atoms with Crippen molar-refractivity contribution in [3.05, 3.63) is 41.5 Å². The van der Waals surface area contributed by atoms with Crippen molar-refractivity contribution in [2.45, 2.75) is 31.9 Å². The minimum Gasteiger partial charge on any atom is -0.485 e. The van der Waals surface area contributed by atoms with E-state index in [0.29, 0.717) is 12.4 Å². The van der Waals surface area contributed by atoms with E-state index >= 15 is 0 Å². The fourth-order valence-corrected chi connectivity index (χ4v) is 2.31. The van der Waals surface area contributed by atoms with Gasteiger partial charge in [-0.05, 0) is 42.5 Å². The Labute approximate surface area is 105 Å². The Morgan fingerprint density at radius 2 is 2.39 bits per heavy atom. The molecule has 5 nitrogen and oxygen atoms in total. The van der Waals surface area contributed by atoms with Crippen molar-refractivity contribution < 1.29 is 9.26 Å². The van der Waals surface area contributed by atoms with Crippen LogP contribution in [0.4, 0.5) is 0 Å². The molecular weight excluding hydrogens is 230 g/mol. The van der Waals surface area contributed by atoms with E-state index in [9.17, 15) is 0 Å². The fourth-order valence-electron chi connectivity index (χ4n) is 2.31. The average molecular weight is 245 g/mol. The molecule has 0 bridgehead atoms. The standard InChI is InChI=1S/C13H15N3O2/c14-12-3-1-2-9-4-5-10(6-11(9)12)17-7-13-15-8-18-16-13/h4-6,8,12H,1-3,7,14H2/t12-/m0/s1. The zero-order valence-corrected chi connectivity index (χ0v) is 10.0. The number of ether oxygens (including phenoxy) is 1. The van der Waals surface area contributed by atoms with Gasteiger partial charge in [0.2, 0.25) is 12.2 Å². The number of hydrogen-bond acceptors (Lipinski definition) is 5. The van der Waals surface area contributed by atoms with E-state index in [1.807, 2.05) is 12.1 Å². The second kappa shape index (κ2) is 4.78. The van der Waals surface area contributed by atoms with Crippen molar-refractivity contribution in [1.82, 2.24) is 10.1 Å². The molecule has 1 aliphatic carbocycles. The largest absolute Gasteiger partial charge is 0.485 e. The zero-order valence-electron chi connectivity index (χ0n) is 10.0. The van der Waals surface area contributed by atoms with Crippen LogP contribution in [0.3, 0.4) is 0 Å². The number of benzene rings is 1. The molecule has 1 aliphatic rings. The normalized spacial score (nSPS) is 18.4. The Hall–Kier alpha value is -1.88. The third-order valence-electron chi connectivity index (χ3n) is 3.25. The molecule has 1 atom stereocenters. The average Bonchev–Trinajstić information content (AvgIpc) is 2.90. The summed E-state index contributed by atoms with van der Waals surface area (Å²) in [7, 11) is 0. The smallest absolute Gasteiger partial charge is 0.213 e. The maximum absolute atomic E-state index is 6.11. The van der Waals surface area contributed by atoms with Gasteiger partial charge in [-0.1, -0.05) is 11.2 Å². The summed E-state index contributed by atoms with van der Waals surface area (Å²) in [6, 6.07) is 6.22. The van der Waals surface area contributed by atoms with Crippen LogP contribution >= 0.6 is 0 Å². The summed E-state index contributed by atoms with van der Waals surface area (Å²) in [4.78, 5) is 3.91. The molecule has 0 spiro atoms. The number of rotatable bonds is 3. The first-order valence-corrected chi connectivity index (χ1v) is 6.09. The number of fused-ring (bicyclic) bond motifs is 1. The first kappa shape index (κ1) is 11.2. The molecule has 0 saturated carbocycles. The highest BCUT2D eigenvalue weighted by Crippen LogP contribution is 2.30. The van der Waals surface area contributed by atoms with Crippen LogP contribution in [0.15, 0.2) is 29.1 Å².